The molecule has 4 aromatic rings. The van der Waals surface area contributed by atoms with Crippen LogP contribution in [0.15, 0.2) is 73.1 Å². The summed E-state index contributed by atoms with van der Waals surface area (Å²) in [5, 5.41) is 7.20. The minimum Gasteiger partial charge on any atom is -0.433 e. The van der Waals surface area contributed by atoms with E-state index in [1.165, 1.54) is 40.2 Å². The third-order valence-electron chi connectivity index (χ3n) is 8.07. The van der Waals surface area contributed by atoms with E-state index < -0.39 is 35.1 Å². The molecule has 2 aliphatic rings. The average molecular weight is 645 g/mol. The van der Waals surface area contributed by atoms with Gasteiger partial charge in [0.05, 0.1) is 23.6 Å². The minimum atomic E-state index is -4.89. The van der Waals surface area contributed by atoms with Crippen LogP contribution in [0.4, 0.5) is 32.0 Å². The SMILES string of the molecule is CC(F)(F)Oc1ccc(N2CNC(=O)C23CCN(C(=O)c2cc(-c4ccncc4)n(-c4ccc(C(F)(F)F)c(F)c4)n2)CC3)cc1. The van der Waals surface area contributed by atoms with E-state index in [1.54, 1.807) is 24.3 Å². The lowest BCUT2D eigenvalue weighted by molar-refractivity contribution is -0.159. The van der Waals surface area contributed by atoms with Gasteiger partial charge in [-0.05, 0) is 67.4 Å². The summed E-state index contributed by atoms with van der Waals surface area (Å²) in [5.41, 5.74) is -0.999. The highest BCUT2D eigenvalue weighted by Crippen LogP contribution is 2.38. The molecule has 0 unspecified atom stereocenters. The van der Waals surface area contributed by atoms with Crippen LogP contribution < -0.4 is 15.0 Å². The third kappa shape index (κ3) is 5.84. The Bertz CT molecular complexity index is 1760. The predicted molar refractivity (Wildman–Crippen MR) is 153 cm³/mol. The highest BCUT2D eigenvalue weighted by molar-refractivity contribution is 5.96. The number of ether oxygens (including phenoxy) is 1. The lowest BCUT2D eigenvalue weighted by Crippen LogP contribution is -2.57. The quantitative estimate of drug-likeness (QED) is 0.273. The van der Waals surface area contributed by atoms with E-state index in [9.17, 15) is 35.9 Å². The second-order valence-electron chi connectivity index (χ2n) is 11.0. The van der Waals surface area contributed by atoms with Gasteiger partial charge in [0.1, 0.15) is 17.1 Å². The third-order valence-corrected chi connectivity index (χ3v) is 8.07. The number of anilines is 1. The standard InChI is InChI=1S/C31H26F6N6O3/c1-29(33,34)46-22-5-2-20(3-6-22)42-18-39-28(45)30(42)10-14-41(15-11-30)27(44)25-17-26(19-8-12-38-13-9-19)43(40-25)21-4-7-23(24(32)16-21)31(35,36)37/h2-9,12-13,16-17H,10-11,14-15,18H2,1H3,(H,39,45). The highest BCUT2D eigenvalue weighted by atomic mass is 19.4. The van der Waals surface area contributed by atoms with Crippen LogP contribution in [0.5, 0.6) is 5.75 Å². The van der Waals surface area contributed by atoms with Gasteiger partial charge in [-0.15, -0.1) is 0 Å². The molecule has 9 nitrogen and oxygen atoms in total. The zero-order valence-electron chi connectivity index (χ0n) is 24.2. The fourth-order valence-corrected chi connectivity index (χ4v) is 5.84. The molecule has 46 heavy (non-hydrogen) atoms. The van der Waals surface area contributed by atoms with E-state index in [4.69, 9.17) is 0 Å². The normalized spacial score (nSPS) is 16.5. The molecule has 2 amide bonds. The number of carbonyl (C=O) groups excluding carboxylic acids is 2. The number of likely N-dealkylation sites (tertiary alicyclic amines) is 1. The van der Waals surface area contributed by atoms with Crippen LogP contribution in [0.25, 0.3) is 16.9 Å². The number of alkyl halides is 5. The first-order valence-corrected chi connectivity index (χ1v) is 14.1. The molecule has 240 valence electrons. The number of nitrogens with one attached hydrogen (secondary N) is 1. The van der Waals surface area contributed by atoms with Crippen molar-refractivity contribution in [2.24, 2.45) is 0 Å². The van der Waals surface area contributed by atoms with Crippen molar-refractivity contribution < 1.29 is 40.7 Å². The van der Waals surface area contributed by atoms with Gasteiger partial charge in [-0.2, -0.15) is 27.1 Å². The van der Waals surface area contributed by atoms with Gasteiger partial charge in [0, 0.05) is 49.7 Å². The molecule has 2 saturated heterocycles. The van der Waals surface area contributed by atoms with Crippen molar-refractivity contribution in [2.45, 2.75) is 37.6 Å². The Kier molecular flexibility index (Phi) is 7.65. The summed E-state index contributed by atoms with van der Waals surface area (Å²) in [4.78, 5) is 34.1. The Morgan fingerprint density at radius 1 is 0.935 bits per heavy atom. The first kappa shape index (κ1) is 30.9. The molecule has 4 heterocycles. The summed E-state index contributed by atoms with van der Waals surface area (Å²) in [7, 11) is 0. The Hall–Kier alpha value is -5.08. The predicted octanol–water partition coefficient (Wildman–Crippen LogP) is 5.65. The molecule has 2 aromatic carbocycles. The fraction of sp³-hybridized carbons (Fsp3) is 0.290. The molecule has 15 heteroatoms. The van der Waals surface area contributed by atoms with E-state index in [1.807, 2.05) is 4.90 Å². The summed E-state index contributed by atoms with van der Waals surface area (Å²) in [6.45, 7) is 1.14. The lowest BCUT2D eigenvalue weighted by atomic mass is 9.85. The molecular weight excluding hydrogens is 618 g/mol. The monoisotopic (exact) mass is 644 g/mol. The molecular formula is C31H26F6N6O3. The number of amides is 2. The van der Waals surface area contributed by atoms with Crippen LogP contribution in [0, 0.1) is 5.82 Å². The fourth-order valence-electron chi connectivity index (χ4n) is 5.84. The van der Waals surface area contributed by atoms with Crippen molar-refractivity contribution >= 4 is 17.5 Å². The van der Waals surface area contributed by atoms with E-state index >= 15 is 0 Å². The van der Waals surface area contributed by atoms with Crippen molar-refractivity contribution in [3.63, 3.8) is 0 Å². The Morgan fingerprint density at radius 3 is 2.20 bits per heavy atom. The van der Waals surface area contributed by atoms with Gasteiger partial charge < -0.3 is 19.9 Å². The number of hydrogen-bond acceptors (Lipinski definition) is 6. The Balaban J connectivity index is 1.24. The molecule has 2 aromatic heterocycles. The molecule has 0 radical (unpaired) electrons. The first-order valence-electron chi connectivity index (χ1n) is 14.1. The molecule has 2 fully saturated rings. The van der Waals surface area contributed by atoms with E-state index in [2.05, 4.69) is 20.1 Å². The molecule has 0 atom stereocenters. The summed E-state index contributed by atoms with van der Waals surface area (Å²) in [6, 6.07) is 13.0. The Morgan fingerprint density at radius 2 is 1.59 bits per heavy atom. The number of rotatable bonds is 6. The molecule has 0 bridgehead atoms. The van der Waals surface area contributed by atoms with Gasteiger partial charge in [-0.1, -0.05) is 0 Å². The summed E-state index contributed by atoms with van der Waals surface area (Å²) < 4.78 is 86.4. The van der Waals surface area contributed by atoms with Crippen molar-refractivity contribution in [2.75, 3.05) is 24.7 Å². The lowest BCUT2D eigenvalue weighted by Gasteiger charge is -2.43. The number of halogens is 6. The summed E-state index contributed by atoms with van der Waals surface area (Å²) >= 11 is 0. The maximum atomic E-state index is 14.5. The van der Waals surface area contributed by atoms with Crippen LogP contribution in [0.3, 0.4) is 0 Å². The number of hydrogen-bond donors (Lipinski definition) is 1. The van der Waals surface area contributed by atoms with Crippen LogP contribution in [-0.4, -0.2) is 62.9 Å². The van der Waals surface area contributed by atoms with E-state index in [-0.39, 0.29) is 55.6 Å². The number of carbonyl (C=O) groups is 2. The second kappa shape index (κ2) is 11.4. The van der Waals surface area contributed by atoms with Crippen LogP contribution in [0.1, 0.15) is 35.8 Å². The zero-order chi connectivity index (χ0) is 32.9. The van der Waals surface area contributed by atoms with Crippen molar-refractivity contribution in [3.8, 4) is 22.7 Å². The number of nitrogens with zero attached hydrogens (tertiary/aromatic N) is 5. The van der Waals surface area contributed by atoms with Crippen molar-refractivity contribution in [1.82, 2.24) is 25.0 Å². The van der Waals surface area contributed by atoms with E-state index in [0.29, 0.717) is 36.0 Å². The molecule has 0 saturated carbocycles. The van der Waals surface area contributed by atoms with Crippen LogP contribution in [-0.2, 0) is 11.0 Å². The highest BCUT2D eigenvalue weighted by Gasteiger charge is 2.51. The molecule has 1 spiro atoms. The number of piperidine rings is 1. The smallest absolute Gasteiger partial charge is 0.419 e. The molecule has 1 N–H and O–H groups in total. The maximum Gasteiger partial charge on any atom is 0.419 e. The van der Waals surface area contributed by atoms with Gasteiger partial charge in [0.25, 0.3) is 5.91 Å². The number of benzene rings is 2. The first-order chi connectivity index (χ1) is 21.7. The van der Waals surface area contributed by atoms with Crippen molar-refractivity contribution in [1.29, 1.82) is 0 Å². The van der Waals surface area contributed by atoms with Gasteiger partial charge in [-0.3, -0.25) is 14.6 Å². The van der Waals surface area contributed by atoms with Crippen molar-refractivity contribution in [3.05, 3.63) is 90.1 Å². The second-order valence-corrected chi connectivity index (χ2v) is 11.0. The van der Waals surface area contributed by atoms with Crippen LogP contribution >= 0.6 is 0 Å². The number of aromatic nitrogens is 3. The van der Waals surface area contributed by atoms with E-state index in [0.717, 1.165) is 6.07 Å². The maximum absolute atomic E-state index is 14.5. The molecule has 0 aliphatic carbocycles. The minimum absolute atomic E-state index is 0.0219. The van der Waals surface area contributed by atoms with Crippen LogP contribution in [0.2, 0.25) is 0 Å². The zero-order valence-corrected chi connectivity index (χ0v) is 24.2. The van der Waals surface area contributed by atoms with Gasteiger partial charge in [-0.25, -0.2) is 9.07 Å². The summed E-state index contributed by atoms with van der Waals surface area (Å²) in [6.07, 6.45) is -4.76. The summed E-state index contributed by atoms with van der Waals surface area (Å²) in [5.74, 6) is -2.23. The topological polar surface area (TPSA) is 92.6 Å². The Labute approximate surface area is 258 Å². The number of pyridine rings is 1. The molecule has 2 aliphatic heterocycles. The van der Waals surface area contributed by atoms with Gasteiger partial charge in [0.2, 0.25) is 5.91 Å². The van der Waals surface area contributed by atoms with Gasteiger partial charge in [0.15, 0.2) is 5.69 Å². The largest absolute Gasteiger partial charge is 0.433 e. The van der Waals surface area contributed by atoms with Gasteiger partial charge >= 0.3 is 12.3 Å². The average Bonchev–Trinajstić information content (AvgIpc) is 3.59. The molecule has 6 rings (SSSR count).